The standard InChI is InChI=1S/C16H18FNO3/c1-10-13-9-11(17)5-6-14(13)21-15(10)16(20)18(7-8-19)12-3-2-4-12/h5-6,9,12,19H,2-4,7-8H2,1H3. The number of benzene rings is 1. The van der Waals surface area contributed by atoms with E-state index in [1.54, 1.807) is 11.8 Å². The minimum Gasteiger partial charge on any atom is -0.451 e. The highest BCUT2D eigenvalue weighted by Crippen LogP contribution is 2.30. The smallest absolute Gasteiger partial charge is 0.290 e. The van der Waals surface area contributed by atoms with Gasteiger partial charge in [-0.2, -0.15) is 0 Å². The van der Waals surface area contributed by atoms with Crippen molar-refractivity contribution < 1.29 is 18.7 Å². The number of halogens is 1. The van der Waals surface area contributed by atoms with Crippen molar-refractivity contribution >= 4 is 16.9 Å². The molecule has 1 aromatic heterocycles. The summed E-state index contributed by atoms with van der Waals surface area (Å²) >= 11 is 0. The molecule has 5 heteroatoms. The summed E-state index contributed by atoms with van der Waals surface area (Å²) in [6.45, 7) is 1.99. The molecule has 1 saturated carbocycles. The molecule has 0 spiro atoms. The number of fused-ring (bicyclic) bond motifs is 1. The molecule has 1 aliphatic carbocycles. The lowest BCUT2D eigenvalue weighted by Crippen LogP contribution is -2.45. The molecule has 1 heterocycles. The fourth-order valence-corrected chi connectivity index (χ4v) is 2.78. The Balaban J connectivity index is 1.97. The number of furan rings is 1. The molecular formula is C16H18FNO3. The summed E-state index contributed by atoms with van der Waals surface area (Å²) in [6, 6.07) is 4.41. The number of aryl methyl sites for hydroxylation is 1. The topological polar surface area (TPSA) is 53.7 Å². The Labute approximate surface area is 122 Å². The maximum atomic E-state index is 13.3. The molecule has 0 radical (unpaired) electrons. The van der Waals surface area contributed by atoms with Crippen LogP contribution in [-0.4, -0.2) is 35.1 Å². The Morgan fingerprint density at radius 3 is 2.86 bits per heavy atom. The quantitative estimate of drug-likeness (QED) is 0.942. The zero-order chi connectivity index (χ0) is 15.0. The molecule has 3 rings (SSSR count). The first kappa shape index (κ1) is 14.1. The number of hydrogen-bond donors (Lipinski definition) is 1. The van der Waals surface area contributed by atoms with E-state index >= 15 is 0 Å². The third-order valence-corrected chi connectivity index (χ3v) is 4.21. The van der Waals surface area contributed by atoms with E-state index in [4.69, 9.17) is 4.42 Å². The molecule has 1 fully saturated rings. The van der Waals surface area contributed by atoms with Crippen LogP contribution in [0.1, 0.15) is 35.4 Å². The van der Waals surface area contributed by atoms with Gasteiger partial charge >= 0.3 is 0 Å². The summed E-state index contributed by atoms with van der Waals surface area (Å²) in [6.07, 6.45) is 3.02. The number of rotatable bonds is 4. The monoisotopic (exact) mass is 291 g/mol. The van der Waals surface area contributed by atoms with E-state index in [0.717, 1.165) is 19.3 Å². The molecule has 2 aromatic rings. The molecule has 4 nitrogen and oxygen atoms in total. The minimum absolute atomic E-state index is 0.0733. The van der Waals surface area contributed by atoms with Crippen LogP contribution >= 0.6 is 0 Å². The maximum Gasteiger partial charge on any atom is 0.290 e. The van der Waals surface area contributed by atoms with Crippen molar-refractivity contribution in [2.45, 2.75) is 32.2 Å². The van der Waals surface area contributed by atoms with E-state index in [9.17, 15) is 14.3 Å². The molecule has 1 amide bonds. The highest BCUT2D eigenvalue weighted by atomic mass is 19.1. The van der Waals surface area contributed by atoms with Crippen LogP contribution in [0, 0.1) is 12.7 Å². The summed E-state index contributed by atoms with van der Waals surface area (Å²) in [7, 11) is 0. The van der Waals surface area contributed by atoms with Crippen LogP contribution in [0.4, 0.5) is 4.39 Å². The summed E-state index contributed by atoms with van der Waals surface area (Å²) in [5.74, 6) is -0.324. The number of hydrogen-bond acceptors (Lipinski definition) is 3. The van der Waals surface area contributed by atoms with E-state index in [0.29, 0.717) is 23.1 Å². The van der Waals surface area contributed by atoms with Crippen molar-refractivity contribution in [1.29, 1.82) is 0 Å². The third kappa shape index (κ3) is 2.42. The van der Waals surface area contributed by atoms with Crippen LogP contribution in [0.2, 0.25) is 0 Å². The van der Waals surface area contributed by atoms with Crippen LogP contribution in [0.3, 0.4) is 0 Å². The molecule has 21 heavy (non-hydrogen) atoms. The van der Waals surface area contributed by atoms with Gasteiger partial charge in [0, 0.05) is 23.5 Å². The van der Waals surface area contributed by atoms with Crippen molar-refractivity contribution in [3.63, 3.8) is 0 Å². The lowest BCUT2D eigenvalue weighted by Gasteiger charge is -2.36. The number of amides is 1. The predicted octanol–water partition coefficient (Wildman–Crippen LogP) is 2.87. The van der Waals surface area contributed by atoms with Gasteiger partial charge in [-0.25, -0.2) is 4.39 Å². The molecule has 1 N–H and O–H groups in total. The van der Waals surface area contributed by atoms with Crippen molar-refractivity contribution in [3.05, 3.63) is 35.3 Å². The van der Waals surface area contributed by atoms with Crippen molar-refractivity contribution in [1.82, 2.24) is 4.90 Å². The van der Waals surface area contributed by atoms with Gasteiger partial charge in [-0.1, -0.05) is 0 Å². The third-order valence-electron chi connectivity index (χ3n) is 4.21. The largest absolute Gasteiger partial charge is 0.451 e. The van der Waals surface area contributed by atoms with Crippen molar-refractivity contribution in [2.24, 2.45) is 0 Å². The molecular weight excluding hydrogens is 273 g/mol. The first-order chi connectivity index (χ1) is 10.1. The first-order valence-corrected chi connectivity index (χ1v) is 7.22. The second-order valence-corrected chi connectivity index (χ2v) is 5.50. The number of carbonyl (C=O) groups is 1. The number of aliphatic hydroxyl groups excluding tert-OH is 1. The molecule has 1 aliphatic rings. The van der Waals surface area contributed by atoms with Gasteiger partial charge in [0.2, 0.25) is 0 Å². The van der Waals surface area contributed by atoms with Gasteiger partial charge < -0.3 is 14.4 Å². The van der Waals surface area contributed by atoms with Gasteiger partial charge in [-0.15, -0.1) is 0 Å². The first-order valence-electron chi connectivity index (χ1n) is 7.22. The Hall–Kier alpha value is -1.88. The van der Waals surface area contributed by atoms with Gasteiger partial charge in [-0.3, -0.25) is 4.79 Å². The second-order valence-electron chi connectivity index (χ2n) is 5.50. The average molecular weight is 291 g/mol. The zero-order valence-corrected chi connectivity index (χ0v) is 11.9. The number of aliphatic hydroxyl groups is 1. The molecule has 1 aromatic carbocycles. The number of nitrogens with zero attached hydrogens (tertiary/aromatic N) is 1. The van der Waals surface area contributed by atoms with Crippen LogP contribution in [-0.2, 0) is 0 Å². The lowest BCUT2D eigenvalue weighted by atomic mass is 9.91. The van der Waals surface area contributed by atoms with E-state index in [-0.39, 0.29) is 30.1 Å². The summed E-state index contributed by atoms with van der Waals surface area (Å²) in [5.41, 5.74) is 1.16. The SMILES string of the molecule is Cc1c(C(=O)N(CCO)C2CCC2)oc2ccc(F)cc12. The van der Waals surface area contributed by atoms with Crippen LogP contribution < -0.4 is 0 Å². The van der Waals surface area contributed by atoms with Gasteiger partial charge in [-0.05, 0) is 44.4 Å². The van der Waals surface area contributed by atoms with Gasteiger partial charge in [0.1, 0.15) is 11.4 Å². The summed E-state index contributed by atoms with van der Waals surface area (Å²) in [5, 5.41) is 9.79. The zero-order valence-electron chi connectivity index (χ0n) is 11.9. The van der Waals surface area contributed by atoms with Crippen LogP contribution in [0.15, 0.2) is 22.6 Å². The Morgan fingerprint density at radius 2 is 2.24 bits per heavy atom. The van der Waals surface area contributed by atoms with Crippen LogP contribution in [0.25, 0.3) is 11.0 Å². The Morgan fingerprint density at radius 1 is 1.48 bits per heavy atom. The van der Waals surface area contributed by atoms with E-state index in [1.165, 1.54) is 18.2 Å². The molecule has 0 unspecified atom stereocenters. The Bertz CT molecular complexity index is 675. The minimum atomic E-state index is -0.350. The van der Waals surface area contributed by atoms with Gasteiger partial charge in [0.05, 0.1) is 6.61 Å². The van der Waals surface area contributed by atoms with Crippen molar-refractivity contribution in [3.8, 4) is 0 Å². The van der Waals surface area contributed by atoms with Gasteiger partial charge in [0.25, 0.3) is 5.91 Å². The lowest BCUT2D eigenvalue weighted by molar-refractivity contribution is 0.0496. The van der Waals surface area contributed by atoms with Crippen LogP contribution in [0.5, 0.6) is 0 Å². The predicted molar refractivity (Wildman–Crippen MR) is 76.7 cm³/mol. The summed E-state index contributed by atoms with van der Waals surface area (Å²) in [4.78, 5) is 14.3. The average Bonchev–Trinajstić information content (AvgIpc) is 2.73. The van der Waals surface area contributed by atoms with E-state index in [1.807, 2.05) is 0 Å². The molecule has 0 atom stereocenters. The fraction of sp³-hybridized carbons (Fsp3) is 0.438. The molecule has 0 aliphatic heterocycles. The highest BCUT2D eigenvalue weighted by molar-refractivity contribution is 5.99. The normalized spacial score (nSPS) is 15.2. The molecule has 0 saturated heterocycles. The van der Waals surface area contributed by atoms with Gasteiger partial charge in [0.15, 0.2) is 5.76 Å². The molecule has 0 bridgehead atoms. The molecule has 112 valence electrons. The fourth-order valence-electron chi connectivity index (χ4n) is 2.78. The second kappa shape index (κ2) is 5.48. The van der Waals surface area contributed by atoms with Crippen molar-refractivity contribution in [2.75, 3.05) is 13.2 Å². The maximum absolute atomic E-state index is 13.3. The number of carbonyl (C=O) groups excluding carboxylic acids is 1. The Kier molecular flexibility index (Phi) is 3.68. The summed E-state index contributed by atoms with van der Waals surface area (Å²) < 4.78 is 19.0. The highest BCUT2D eigenvalue weighted by Gasteiger charge is 2.31. The van der Waals surface area contributed by atoms with E-state index < -0.39 is 0 Å². The van der Waals surface area contributed by atoms with E-state index in [2.05, 4.69) is 0 Å².